The van der Waals surface area contributed by atoms with Crippen molar-refractivity contribution in [2.45, 2.75) is 39.6 Å². The molecule has 5 nitrogen and oxygen atoms in total. The third-order valence-electron chi connectivity index (χ3n) is 3.98. The van der Waals surface area contributed by atoms with Crippen molar-refractivity contribution in [2.75, 3.05) is 11.1 Å². The van der Waals surface area contributed by atoms with E-state index >= 15 is 0 Å². The molecule has 0 unspecified atom stereocenters. The lowest BCUT2D eigenvalue weighted by Crippen LogP contribution is -2.14. The van der Waals surface area contributed by atoms with Crippen LogP contribution in [0.1, 0.15) is 28.2 Å². The standard InChI is InChI=1S/C20H22N4OS2/c1-11-6-12(2)19(13(3)7-11)16-9-27-20(23-16)24-17(25)10-26-18-8-14(4)21-15(5)22-18/h6-9H,10H2,1-5H3,(H,23,24,25). The molecule has 0 aliphatic rings. The van der Waals surface area contributed by atoms with Gasteiger partial charge in [0.25, 0.3) is 0 Å². The molecule has 0 radical (unpaired) electrons. The number of rotatable bonds is 5. The summed E-state index contributed by atoms with van der Waals surface area (Å²) in [7, 11) is 0. The number of nitrogens with one attached hydrogen (secondary N) is 1. The Morgan fingerprint density at radius 1 is 1.04 bits per heavy atom. The van der Waals surface area contributed by atoms with Crippen LogP contribution in [0.5, 0.6) is 0 Å². The number of amides is 1. The van der Waals surface area contributed by atoms with Crippen LogP contribution in [-0.2, 0) is 4.79 Å². The van der Waals surface area contributed by atoms with Gasteiger partial charge in [-0.2, -0.15) is 0 Å². The van der Waals surface area contributed by atoms with E-state index in [1.165, 1.54) is 39.8 Å². The number of hydrogen-bond acceptors (Lipinski definition) is 6. The van der Waals surface area contributed by atoms with E-state index in [0.29, 0.717) is 11.0 Å². The molecule has 0 aliphatic heterocycles. The van der Waals surface area contributed by atoms with E-state index < -0.39 is 0 Å². The van der Waals surface area contributed by atoms with E-state index in [0.717, 1.165) is 22.0 Å². The van der Waals surface area contributed by atoms with Crippen LogP contribution in [-0.4, -0.2) is 26.6 Å². The molecule has 2 heterocycles. The maximum Gasteiger partial charge on any atom is 0.236 e. The highest BCUT2D eigenvalue weighted by molar-refractivity contribution is 7.99. The molecule has 1 N–H and O–H groups in total. The maximum absolute atomic E-state index is 12.3. The molecule has 140 valence electrons. The van der Waals surface area contributed by atoms with Crippen LogP contribution in [0.25, 0.3) is 11.3 Å². The largest absolute Gasteiger partial charge is 0.301 e. The summed E-state index contributed by atoms with van der Waals surface area (Å²) < 4.78 is 0. The van der Waals surface area contributed by atoms with Crippen LogP contribution in [0, 0.1) is 34.6 Å². The summed E-state index contributed by atoms with van der Waals surface area (Å²) in [5, 5.41) is 6.30. The highest BCUT2D eigenvalue weighted by Crippen LogP contribution is 2.31. The topological polar surface area (TPSA) is 67.8 Å². The van der Waals surface area contributed by atoms with Crippen molar-refractivity contribution in [1.82, 2.24) is 15.0 Å². The molecule has 3 aromatic rings. The van der Waals surface area contributed by atoms with Crippen molar-refractivity contribution < 1.29 is 4.79 Å². The number of thioether (sulfide) groups is 1. The molecule has 7 heteroatoms. The monoisotopic (exact) mass is 398 g/mol. The van der Waals surface area contributed by atoms with Crippen molar-refractivity contribution in [3.63, 3.8) is 0 Å². The molecule has 0 saturated heterocycles. The first kappa shape index (κ1) is 19.5. The van der Waals surface area contributed by atoms with Crippen molar-refractivity contribution in [1.29, 1.82) is 0 Å². The second-order valence-corrected chi connectivity index (χ2v) is 8.40. The summed E-state index contributed by atoms with van der Waals surface area (Å²) in [6, 6.07) is 6.19. The maximum atomic E-state index is 12.3. The van der Waals surface area contributed by atoms with Gasteiger partial charge in [0.15, 0.2) is 5.13 Å². The molecule has 0 bridgehead atoms. The second-order valence-electron chi connectivity index (χ2n) is 6.54. The van der Waals surface area contributed by atoms with Gasteiger partial charge in [0.05, 0.1) is 11.4 Å². The molecular weight excluding hydrogens is 376 g/mol. The number of thiazole rings is 1. The molecule has 0 fully saturated rings. The summed E-state index contributed by atoms with van der Waals surface area (Å²) in [5.74, 6) is 0.909. The number of hydrogen-bond donors (Lipinski definition) is 1. The van der Waals surface area contributed by atoms with Crippen LogP contribution in [0.15, 0.2) is 28.6 Å². The zero-order chi connectivity index (χ0) is 19.6. The smallest absolute Gasteiger partial charge is 0.236 e. The minimum absolute atomic E-state index is 0.0906. The van der Waals surface area contributed by atoms with Crippen molar-refractivity contribution >= 4 is 34.1 Å². The molecule has 0 spiro atoms. The van der Waals surface area contributed by atoms with Gasteiger partial charge in [0, 0.05) is 16.6 Å². The number of carbonyl (C=O) groups excluding carboxylic acids is 1. The lowest BCUT2D eigenvalue weighted by atomic mass is 9.98. The van der Waals surface area contributed by atoms with Crippen LogP contribution in [0.3, 0.4) is 0 Å². The minimum atomic E-state index is -0.0906. The summed E-state index contributed by atoms with van der Waals surface area (Å²) in [5.41, 5.74) is 6.57. The summed E-state index contributed by atoms with van der Waals surface area (Å²) in [4.78, 5) is 25.5. The van der Waals surface area contributed by atoms with Gasteiger partial charge in [0.1, 0.15) is 10.9 Å². The van der Waals surface area contributed by atoms with Crippen molar-refractivity contribution in [3.05, 3.63) is 51.8 Å². The average molecular weight is 399 g/mol. The molecule has 0 saturated carbocycles. The summed E-state index contributed by atoms with van der Waals surface area (Å²) >= 11 is 2.84. The Morgan fingerprint density at radius 2 is 1.74 bits per heavy atom. The lowest BCUT2D eigenvalue weighted by molar-refractivity contribution is -0.113. The Kier molecular flexibility index (Phi) is 5.92. The van der Waals surface area contributed by atoms with E-state index in [1.54, 1.807) is 0 Å². The van der Waals surface area contributed by atoms with Gasteiger partial charge >= 0.3 is 0 Å². The number of anilines is 1. The number of carbonyl (C=O) groups is 1. The highest BCUT2D eigenvalue weighted by atomic mass is 32.2. The van der Waals surface area contributed by atoms with Crippen LogP contribution in [0.4, 0.5) is 5.13 Å². The van der Waals surface area contributed by atoms with Gasteiger partial charge in [-0.1, -0.05) is 29.5 Å². The Bertz CT molecular complexity index is 954. The molecule has 2 aromatic heterocycles. The van der Waals surface area contributed by atoms with Crippen molar-refractivity contribution in [2.24, 2.45) is 0 Å². The highest BCUT2D eigenvalue weighted by Gasteiger charge is 2.13. The Balaban J connectivity index is 1.66. The van der Waals surface area contributed by atoms with Crippen molar-refractivity contribution in [3.8, 4) is 11.3 Å². The fourth-order valence-corrected chi connectivity index (χ4v) is 4.60. The van der Waals surface area contributed by atoms with E-state index in [9.17, 15) is 4.79 Å². The van der Waals surface area contributed by atoms with E-state index in [1.807, 2.05) is 25.3 Å². The quantitative estimate of drug-likeness (QED) is 0.490. The summed E-state index contributed by atoms with van der Waals surface area (Å²) in [6.07, 6.45) is 0. The van der Waals surface area contributed by atoms with Gasteiger partial charge in [-0.15, -0.1) is 11.3 Å². The first-order valence-electron chi connectivity index (χ1n) is 8.60. The molecule has 27 heavy (non-hydrogen) atoms. The summed E-state index contributed by atoms with van der Waals surface area (Å²) in [6.45, 7) is 10.0. The van der Waals surface area contributed by atoms with Crippen LogP contribution < -0.4 is 5.32 Å². The van der Waals surface area contributed by atoms with Gasteiger partial charge in [0.2, 0.25) is 5.91 Å². The number of benzene rings is 1. The molecule has 1 amide bonds. The zero-order valence-electron chi connectivity index (χ0n) is 16.1. The molecule has 0 aliphatic carbocycles. The predicted octanol–water partition coefficient (Wildman–Crippen LogP) is 4.87. The van der Waals surface area contributed by atoms with E-state index in [2.05, 4.69) is 53.2 Å². The van der Waals surface area contributed by atoms with E-state index in [4.69, 9.17) is 0 Å². The lowest BCUT2D eigenvalue weighted by Gasteiger charge is -2.08. The Morgan fingerprint density at radius 3 is 2.41 bits per heavy atom. The molecule has 0 atom stereocenters. The second kappa shape index (κ2) is 8.19. The number of aromatic nitrogens is 3. The zero-order valence-corrected chi connectivity index (χ0v) is 17.7. The van der Waals surface area contributed by atoms with Gasteiger partial charge in [-0.05, 0) is 51.8 Å². The normalized spacial score (nSPS) is 10.9. The molecular formula is C20H22N4OS2. The van der Waals surface area contributed by atoms with E-state index in [-0.39, 0.29) is 11.7 Å². The fraction of sp³-hybridized carbons (Fsp3) is 0.300. The predicted molar refractivity (Wildman–Crippen MR) is 113 cm³/mol. The molecule has 1 aromatic carbocycles. The fourth-order valence-electron chi connectivity index (χ4n) is 3.08. The van der Waals surface area contributed by atoms with Gasteiger partial charge in [-0.3, -0.25) is 4.79 Å². The average Bonchev–Trinajstić information content (AvgIpc) is 2.99. The minimum Gasteiger partial charge on any atom is -0.301 e. The number of aryl methyl sites for hydroxylation is 5. The van der Waals surface area contributed by atoms with Crippen LogP contribution in [0.2, 0.25) is 0 Å². The SMILES string of the molecule is Cc1cc(C)c(-c2csc(NC(=O)CSc3cc(C)nc(C)n3)n2)c(C)c1. The molecule has 3 rings (SSSR count). The number of nitrogens with zero attached hydrogens (tertiary/aromatic N) is 3. The Labute approximate surface area is 167 Å². The van der Waals surface area contributed by atoms with Gasteiger partial charge in [-0.25, -0.2) is 15.0 Å². The van der Waals surface area contributed by atoms with Crippen LogP contribution >= 0.6 is 23.1 Å². The first-order valence-corrected chi connectivity index (χ1v) is 10.5. The third kappa shape index (κ3) is 4.93. The van der Waals surface area contributed by atoms with Gasteiger partial charge < -0.3 is 5.32 Å². The Hall–Kier alpha value is -2.25. The first-order chi connectivity index (χ1) is 12.8. The third-order valence-corrected chi connectivity index (χ3v) is 5.65.